The van der Waals surface area contributed by atoms with E-state index in [0.717, 1.165) is 5.56 Å². The standard InChI is InChI=1S/C15H18N4O4/c1-21-12-5-3-2-4-11(12)14-17-13(23-18-14)10-16-15(20)19-6-8-22-9-7-19/h2-5H,6-10H2,1H3,(H,16,20). The number of urea groups is 1. The van der Waals surface area contributed by atoms with Crippen molar-refractivity contribution in [3.05, 3.63) is 30.2 Å². The Hall–Kier alpha value is -2.61. The summed E-state index contributed by atoms with van der Waals surface area (Å²) in [7, 11) is 1.59. The van der Waals surface area contributed by atoms with Gasteiger partial charge in [-0.3, -0.25) is 0 Å². The van der Waals surface area contributed by atoms with Crippen molar-refractivity contribution in [1.82, 2.24) is 20.4 Å². The van der Waals surface area contributed by atoms with E-state index in [4.69, 9.17) is 14.0 Å². The monoisotopic (exact) mass is 318 g/mol. The summed E-state index contributed by atoms with van der Waals surface area (Å²) in [5.74, 6) is 1.43. The molecule has 8 heteroatoms. The van der Waals surface area contributed by atoms with Gasteiger partial charge in [-0.25, -0.2) is 4.79 Å². The number of rotatable bonds is 4. The summed E-state index contributed by atoms with van der Waals surface area (Å²) >= 11 is 0. The Labute approximate surface area is 133 Å². The highest BCUT2D eigenvalue weighted by Crippen LogP contribution is 2.26. The number of hydrogen-bond donors (Lipinski definition) is 1. The van der Waals surface area contributed by atoms with Crippen LogP contribution in [0.4, 0.5) is 4.79 Å². The first-order valence-corrected chi connectivity index (χ1v) is 7.34. The van der Waals surface area contributed by atoms with Gasteiger partial charge in [0.1, 0.15) is 5.75 Å². The van der Waals surface area contributed by atoms with Gasteiger partial charge >= 0.3 is 6.03 Å². The normalized spacial score (nSPS) is 14.6. The average Bonchev–Trinajstić information content (AvgIpc) is 3.09. The van der Waals surface area contributed by atoms with Gasteiger partial charge in [-0.1, -0.05) is 17.3 Å². The summed E-state index contributed by atoms with van der Waals surface area (Å²) in [6, 6.07) is 7.25. The Bertz CT molecular complexity index is 667. The van der Waals surface area contributed by atoms with Crippen molar-refractivity contribution >= 4 is 6.03 Å². The van der Waals surface area contributed by atoms with E-state index < -0.39 is 0 Å². The highest BCUT2D eigenvalue weighted by atomic mass is 16.5. The molecule has 8 nitrogen and oxygen atoms in total. The predicted molar refractivity (Wildman–Crippen MR) is 80.9 cm³/mol. The Kier molecular flexibility index (Phi) is 4.72. The summed E-state index contributed by atoms with van der Waals surface area (Å²) in [5, 5.41) is 6.70. The van der Waals surface area contributed by atoms with Crippen molar-refractivity contribution in [2.45, 2.75) is 6.54 Å². The minimum atomic E-state index is -0.162. The van der Waals surface area contributed by atoms with Crippen LogP contribution in [0.15, 0.2) is 28.8 Å². The number of nitrogens with zero attached hydrogens (tertiary/aromatic N) is 3. The summed E-state index contributed by atoms with van der Waals surface area (Å²) in [6.45, 7) is 2.47. The first-order valence-electron chi connectivity index (χ1n) is 7.34. The van der Waals surface area contributed by atoms with Gasteiger partial charge in [0.2, 0.25) is 11.7 Å². The largest absolute Gasteiger partial charge is 0.496 e. The van der Waals surface area contributed by atoms with Gasteiger partial charge < -0.3 is 24.2 Å². The van der Waals surface area contributed by atoms with Gasteiger partial charge in [0.15, 0.2) is 0 Å². The van der Waals surface area contributed by atoms with Crippen molar-refractivity contribution in [3.8, 4) is 17.1 Å². The van der Waals surface area contributed by atoms with Crippen LogP contribution in [0.5, 0.6) is 5.75 Å². The molecular weight excluding hydrogens is 300 g/mol. The van der Waals surface area contributed by atoms with Crippen LogP contribution < -0.4 is 10.1 Å². The third-order valence-corrected chi connectivity index (χ3v) is 3.51. The van der Waals surface area contributed by atoms with Gasteiger partial charge in [-0.2, -0.15) is 4.98 Å². The molecule has 122 valence electrons. The predicted octanol–water partition coefficient (Wildman–Crippen LogP) is 1.29. The summed E-state index contributed by atoms with van der Waals surface area (Å²) in [4.78, 5) is 18.0. The first-order chi connectivity index (χ1) is 11.3. The van der Waals surface area contributed by atoms with Gasteiger partial charge in [-0.05, 0) is 12.1 Å². The molecule has 0 atom stereocenters. The lowest BCUT2D eigenvalue weighted by atomic mass is 10.2. The molecule has 23 heavy (non-hydrogen) atoms. The summed E-state index contributed by atoms with van der Waals surface area (Å²) in [5.41, 5.74) is 0.740. The molecule has 0 saturated carbocycles. The number of carbonyl (C=O) groups is 1. The molecule has 0 radical (unpaired) electrons. The lowest BCUT2D eigenvalue weighted by Crippen LogP contribution is -2.45. The molecule has 1 aromatic carbocycles. The van der Waals surface area contributed by atoms with E-state index in [2.05, 4.69) is 15.5 Å². The van der Waals surface area contributed by atoms with E-state index in [0.29, 0.717) is 43.8 Å². The number of methoxy groups -OCH3 is 1. The van der Waals surface area contributed by atoms with Crippen LogP contribution >= 0.6 is 0 Å². The fraction of sp³-hybridized carbons (Fsp3) is 0.400. The molecule has 3 rings (SSSR count). The molecule has 1 saturated heterocycles. The second-order valence-corrected chi connectivity index (χ2v) is 4.97. The maximum Gasteiger partial charge on any atom is 0.317 e. The smallest absolute Gasteiger partial charge is 0.317 e. The third kappa shape index (κ3) is 3.59. The van der Waals surface area contributed by atoms with E-state index in [-0.39, 0.29) is 12.6 Å². The van der Waals surface area contributed by atoms with Crippen LogP contribution in [0.3, 0.4) is 0 Å². The number of carbonyl (C=O) groups excluding carboxylic acids is 1. The van der Waals surface area contributed by atoms with E-state index in [1.807, 2.05) is 24.3 Å². The van der Waals surface area contributed by atoms with Crippen molar-refractivity contribution in [3.63, 3.8) is 0 Å². The Morgan fingerprint density at radius 1 is 1.35 bits per heavy atom. The van der Waals surface area contributed by atoms with Crippen molar-refractivity contribution in [2.24, 2.45) is 0 Å². The number of ether oxygens (including phenoxy) is 2. The van der Waals surface area contributed by atoms with Crippen molar-refractivity contribution in [1.29, 1.82) is 0 Å². The number of benzene rings is 1. The van der Waals surface area contributed by atoms with Crippen LogP contribution in [0.2, 0.25) is 0 Å². The Morgan fingerprint density at radius 3 is 2.91 bits per heavy atom. The molecule has 0 aliphatic carbocycles. The molecule has 2 aromatic rings. The highest BCUT2D eigenvalue weighted by Gasteiger charge is 2.18. The zero-order valence-corrected chi connectivity index (χ0v) is 12.8. The Morgan fingerprint density at radius 2 is 2.13 bits per heavy atom. The zero-order chi connectivity index (χ0) is 16.1. The van der Waals surface area contributed by atoms with Crippen LogP contribution in [-0.4, -0.2) is 54.5 Å². The fourth-order valence-corrected chi connectivity index (χ4v) is 2.29. The minimum Gasteiger partial charge on any atom is -0.496 e. The summed E-state index contributed by atoms with van der Waals surface area (Å²) < 4.78 is 15.7. The molecule has 0 spiro atoms. The van der Waals surface area contributed by atoms with E-state index >= 15 is 0 Å². The number of nitrogens with one attached hydrogen (secondary N) is 1. The minimum absolute atomic E-state index is 0.162. The quantitative estimate of drug-likeness (QED) is 0.913. The van der Waals surface area contributed by atoms with Gasteiger partial charge in [0, 0.05) is 13.1 Å². The molecule has 2 heterocycles. The van der Waals surface area contributed by atoms with Crippen LogP contribution in [0.1, 0.15) is 5.89 Å². The number of para-hydroxylation sites is 1. The number of morpholine rings is 1. The van der Waals surface area contributed by atoms with Crippen molar-refractivity contribution < 1.29 is 18.8 Å². The lowest BCUT2D eigenvalue weighted by molar-refractivity contribution is 0.0529. The second kappa shape index (κ2) is 7.10. The van der Waals surface area contributed by atoms with Crippen LogP contribution in [0, 0.1) is 0 Å². The average molecular weight is 318 g/mol. The van der Waals surface area contributed by atoms with E-state index in [1.54, 1.807) is 12.0 Å². The molecule has 1 aliphatic heterocycles. The lowest BCUT2D eigenvalue weighted by Gasteiger charge is -2.26. The first kappa shape index (κ1) is 15.3. The Balaban J connectivity index is 1.62. The van der Waals surface area contributed by atoms with Gasteiger partial charge in [0.25, 0.3) is 0 Å². The molecule has 1 fully saturated rings. The van der Waals surface area contributed by atoms with Gasteiger partial charge in [0.05, 0.1) is 32.4 Å². The van der Waals surface area contributed by atoms with Crippen molar-refractivity contribution in [2.75, 3.05) is 33.4 Å². The van der Waals surface area contributed by atoms with Gasteiger partial charge in [-0.15, -0.1) is 0 Å². The number of aromatic nitrogens is 2. The molecule has 2 amide bonds. The topological polar surface area (TPSA) is 89.7 Å². The molecule has 1 aliphatic rings. The molecule has 0 bridgehead atoms. The second-order valence-electron chi connectivity index (χ2n) is 4.97. The SMILES string of the molecule is COc1ccccc1-c1noc(CNC(=O)N2CCOCC2)n1. The van der Waals surface area contributed by atoms with E-state index in [9.17, 15) is 4.79 Å². The van der Waals surface area contributed by atoms with Crippen LogP contribution in [0.25, 0.3) is 11.4 Å². The van der Waals surface area contributed by atoms with Crippen LogP contribution in [-0.2, 0) is 11.3 Å². The molecule has 1 N–H and O–H groups in total. The number of amides is 2. The molecule has 1 aromatic heterocycles. The van der Waals surface area contributed by atoms with E-state index in [1.165, 1.54) is 0 Å². The summed E-state index contributed by atoms with van der Waals surface area (Å²) in [6.07, 6.45) is 0. The highest BCUT2D eigenvalue weighted by molar-refractivity contribution is 5.74. The molecule has 0 unspecified atom stereocenters. The zero-order valence-electron chi connectivity index (χ0n) is 12.8. The third-order valence-electron chi connectivity index (χ3n) is 3.51. The maximum absolute atomic E-state index is 12.0. The maximum atomic E-state index is 12.0. The number of hydrogen-bond acceptors (Lipinski definition) is 6. The molecular formula is C15H18N4O4. The fourth-order valence-electron chi connectivity index (χ4n) is 2.29.